The predicted octanol–water partition coefficient (Wildman–Crippen LogP) is 0.315. The van der Waals surface area contributed by atoms with Crippen molar-refractivity contribution in [3.63, 3.8) is 0 Å². The van der Waals surface area contributed by atoms with Crippen LogP contribution in [-0.2, 0) is 6.54 Å². The van der Waals surface area contributed by atoms with Crippen molar-refractivity contribution in [1.29, 1.82) is 0 Å². The van der Waals surface area contributed by atoms with Crippen LogP contribution in [0.15, 0.2) is 18.3 Å². The second kappa shape index (κ2) is 5.57. The second-order valence-electron chi connectivity index (χ2n) is 3.42. The third-order valence-electron chi connectivity index (χ3n) is 2.02. The molecule has 1 aromatic rings. The van der Waals surface area contributed by atoms with Crippen molar-refractivity contribution in [1.82, 2.24) is 15.2 Å². The van der Waals surface area contributed by atoms with Crippen LogP contribution in [0.4, 0.5) is 5.69 Å². The summed E-state index contributed by atoms with van der Waals surface area (Å²) in [6, 6.07) is 3.72. The van der Waals surface area contributed by atoms with Crippen LogP contribution < -0.4 is 11.1 Å². The lowest BCUT2D eigenvalue weighted by Gasteiger charge is -2.15. The minimum atomic E-state index is 0.775. The molecule has 0 aliphatic heterocycles. The average molecular weight is 194 g/mol. The van der Waals surface area contributed by atoms with Crippen LogP contribution in [-0.4, -0.2) is 37.1 Å². The maximum Gasteiger partial charge on any atom is 0.0564 e. The number of hydrogen-bond donors (Lipinski definition) is 2. The number of aromatic nitrogens is 1. The van der Waals surface area contributed by atoms with Gasteiger partial charge in [-0.05, 0) is 26.2 Å². The topological polar surface area (TPSA) is 54.2 Å². The Morgan fingerprint density at radius 2 is 2.36 bits per heavy atom. The first kappa shape index (κ1) is 10.9. The first-order chi connectivity index (χ1) is 6.72. The molecule has 0 amide bonds. The van der Waals surface area contributed by atoms with Gasteiger partial charge >= 0.3 is 0 Å². The van der Waals surface area contributed by atoms with Gasteiger partial charge in [0, 0.05) is 31.5 Å². The zero-order valence-electron chi connectivity index (χ0n) is 8.83. The molecule has 1 heterocycles. The number of nitrogens with zero attached hydrogens (tertiary/aromatic N) is 2. The number of hydrogen-bond acceptors (Lipinski definition) is 4. The summed E-state index contributed by atoms with van der Waals surface area (Å²) in [5.41, 5.74) is 7.46. The monoisotopic (exact) mass is 194 g/mol. The largest absolute Gasteiger partial charge is 0.399 e. The summed E-state index contributed by atoms with van der Waals surface area (Å²) >= 11 is 0. The quantitative estimate of drug-likeness (QED) is 0.708. The van der Waals surface area contributed by atoms with Crippen molar-refractivity contribution in [3.8, 4) is 0 Å². The molecule has 1 aromatic heterocycles. The smallest absolute Gasteiger partial charge is 0.0564 e. The molecule has 0 saturated carbocycles. The number of nitrogens with two attached hydrogens (primary N) is 1. The fraction of sp³-hybridized carbons (Fsp3) is 0.500. The van der Waals surface area contributed by atoms with Crippen LogP contribution in [0.2, 0.25) is 0 Å². The van der Waals surface area contributed by atoms with Crippen LogP contribution in [0.3, 0.4) is 0 Å². The Morgan fingerprint density at radius 3 is 3.00 bits per heavy atom. The van der Waals surface area contributed by atoms with Crippen LogP contribution in [0.5, 0.6) is 0 Å². The highest BCUT2D eigenvalue weighted by Gasteiger charge is 2.00. The van der Waals surface area contributed by atoms with E-state index in [0.717, 1.165) is 31.0 Å². The lowest BCUT2D eigenvalue weighted by molar-refractivity contribution is 0.324. The molecule has 0 unspecified atom stereocenters. The van der Waals surface area contributed by atoms with Crippen molar-refractivity contribution >= 4 is 5.69 Å². The van der Waals surface area contributed by atoms with E-state index < -0.39 is 0 Å². The Balaban J connectivity index is 2.43. The van der Waals surface area contributed by atoms with E-state index in [-0.39, 0.29) is 0 Å². The van der Waals surface area contributed by atoms with Gasteiger partial charge < -0.3 is 11.1 Å². The molecule has 3 N–H and O–H groups in total. The van der Waals surface area contributed by atoms with E-state index in [9.17, 15) is 0 Å². The predicted molar refractivity (Wildman–Crippen MR) is 58.9 cm³/mol. The van der Waals surface area contributed by atoms with E-state index in [1.165, 1.54) is 0 Å². The summed E-state index contributed by atoms with van der Waals surface area (Å²) in [5.74, 6) is 0. The Labute approximate surface area is 85.1 Å². The molecule has 0 aromatic carbocycles. The van der Waals surface area contributed by atoms with Crippen LogP contribution >= 0.6 is 0 Å². The summed E-state index contributed by atoms with van der Waals surface area (Å²) in [4.78, 5) is 6.45. The van der Waals surface area contributed by atoms with Crippen molar-refractivity contribution in [2.24, 2.45) is 0 Å². The fourth-order valence-electron chi connectivity index (χ4n) is 1.24. The number of likely N-dealkylation sites (N-methyl/N-ethyl adjacent to an activating group) is 2. The highest BCUT2D eigenvalue weighted by molar-refractivity contribution is 5.37. The molecule has 14 heavy (non-hydrogen) atoms. The Hall–Kier alpha value is -1.13. The first-order valence-electron chi connectivity index (χ1n) is 4.76. The van der Waals surface area contributed by atoms with Crippen LogP contribution in [0.25, 0.3) is 0 Å². The van der Waals surface area contributed by atoms with E-state index >= 15 is 0 Å². The summed E-state index contributed by atoms with van der Waals surface area (Å²) in [5, 5.41) is 3.11. The number of nitrogens with one attached hydrogen (secondary N) is 1. The molecule has 0 fully saturated rings. The fourth-order valence-corrected chi connectivity index (χ4v) is 1.24. The van der Waals surface area contributed by atoms with Crippen molar-refractivity contribution < 1.29 is 0 Å². The standard InChI is InChI=1S/C10H18N4/c1-12-5-6-14(2)8-10-7-9(11)3-4-13-10/h3-4,7,12H,5-6,8H2,1-2H3,(H2,11,13). The van der Waals surface area contributed by atoms with Gasteiger partial charge in [0.15, 0.2) is 0 Å². The number of rotatable bonds is 5. The van der Waals surface area contributed by atoms with Gasteiger partial charge in [-0.3, -0.25) is 9.88 Å². The summed E-state index contributed by atoms with van der Waals surface area (Å²) < 4.78 is 0. The third-order valence-corrected chi connectivity index (χ3v) is 2.02. The molecule has 4 nitrogen and oxygen atoms in total. The van der Waals surface area contributed by atoms with Gasteiger partial charge in [0.2, 0.25) is 0 Å². The van der Waals surface area contributed by atoms with Gasteiger partial charge in [-0.15, -0.1) is 0 Å². The van der Waals surface area contributed by atoms with E-state index in [4.69, 9.17) is 5.73 Å². The molecule has 0 aliphatic rings. The minimum Gasteiger partial charge on any atom is -0.399 e. The zero-order valence-corrected chi connectivity index (χ0v) is 8.83. The minimum absolute atomic E-state index is 0.775. The Kier molecular flexibility index (Phi) is 4.35. The van der Waals surface area contributed by atoms with Crippen molar-refractivity contribution in [2.45, 2.75) is 6.54 Å². The third kappa shape index (κ3) is 3.72. The van der Waals surface area contributed by atoms with E-state index in [1.807, 2.05) is 13.1 Å². The molecule has 0 aliphatic carbocycles. The van der Waals surface area contributed by atoms with E-state index in [0.29, 0.717) is 0 Å². The molecule has 0 spiro atoms. The van der Waals surface area contributed by atoms with Crippen molar-refractivity contribution in [3.05, 3.63) is 24.0 Å². The highest BCUT2D eigenvalue weighted by atomic mass is 15.1. The van der Waals surface area contributed by atoms with Crippen molar-refractivity contribution in [2.75, 3.05) is 32.9 Å². The van der Waals surface area contributed by atoms with Gasteiger partial charge in [0.05, 0.1) is 5.69 Å². The summed E-state index contributed by atoms with van der Waals surface area (Å²) in [6.45, 7) is 2.83. The molecule has 78 valence electrons. The van der Waals surface area contributed by atoms with E-state index in [2.05, 4.69) is 22.2 Å². The van der Waals surface area contributed by atoms with Gasteiger partial charge in [0.25, 0.3) is 0 Å². The lowest BCUT2D eigenvalue weighted by Crippen LogP contribution is -2.27. The molecular formula is C10H18N4. The molecule has 0 bridgehead atoms. The first-order valence-corrected chi connectivity index (χ1v) is 4.76. The Morgan fingerprint density at radius 1 is 1.57 bits per heavy atom. The number of nitrogen functional groups attached to an aromatic ring is 1. The van der Waals surface area contributed by atoms with E-state index in [1.54, 1.807) is 12.3 Å². The normalized spacial score (nSPS) is 10.8. The average Bonchev–Trinajstić information content (AvgIpc) is 2.15. The van der Waals surface area contributed by atoms with Gasteiger partial charge in [-0.2, -0.15) is 0 Å². The molecule has 0 radical (unpaired) electrons. The van der Waals surface area contributed by atoms with Crippen LogP contribution in [0.1, 0.15) is 5.69 Å². The van der Waals surface area contributed by atoms with Gasteiger partial charge in [0.1, 0.15) is 0 Å². The summed E-state index contributed by atoms with van der Waals surface area (Å²) in [7, 11) is 4.02. The zero-order chi connectivity index (χ0) is 10.4. The molecule has 0 atom stereocenters. The second-order valence-corrected chi connectivity index (χ2v) is 3.42. The lowest BCUT2D eigenvalue weighted by atomic mass is 10.3. The van der Waals surface area contributed by atoms with Crippen LogP contribution in [0, 0.1) is 0 Å². The Bertz CT molecular complexity index is 275. The summed E-state index contributed by atoms with van der Waals surface area (Å²) in [6.07, 6.45) is 1.75. The number of anilines is 1. The maximum absolute atomic E-state index is 5.66. The van der Waals surface area contributed by atoms with Gasteiger partial charge in [-0.25, -0.2) is 0 Å². The van der Waals surface area contributed by atoms with Gasteiger partial charge in [-0.1, -0.05) is 0 Å². The number of pyridine rings is 1. The molecule has 0 saturated heterocycles. The highest BCUT2D eigenvalue weighted by Crippen LogP contribution is 2.04. The maximum atomic E-state index is 5.66. The molecule has 1 rings (SSSR count). The molecule has 4 heteroatoms. The SMILES string of the molecule is CNCCN(C)Cc1cc(N)ccn1. The molecular weight excluding hydrogens is 176 g/mol.